The molecule has 1 saturated heterocycles. The Morgan fingerprint density at radius 2 is 1.71 bits per heavy atom. The molecule has 38 heavy (non-hydrogen) atoms. The predicted octanol–water partition coefficient (Wildman–Crippen LogP) is 4.09. The van der Waals surface area contributed by atoms with Gasteiger partial charge in [-0.1, -0.05) is 76.8 Å². The molecule has 0 unspecified atom stereocenters. The molecule has 4 N–H and O–H groups in total. The molecule has 212 valence electrons. The molecule has 2 aliphatic rings. The zero-order chi connectivity index (χ0) is 28.6. The van der Waals surface area contributed by atoms with E-state index in [0.717, 1.165) is 18.4 Å². The predicted molar refractivity (Wildman–Crippen MR) is 149 cm³/mol. The van der Waals surface area contributed by atoms with Gasteiger partial charge >= 0.3 is 5.97 Å². The van der Waals surface area contributed by atoms with Crippen molar-refractivity contribution in [2.45, 2.75) is 103 Å². The van der Waals surface area contributed by atoms with Gasteiger partial charge in [-0.05, 0) is 61.2 Å². The molecular formula is C31H46O7. The van der Waals surface area contributed by atoms with Gasteiger partial charge in [0.05, 0.1) is 6.10 Å². The highest BCUT2D eigenvalue weighted by molar-refractivity contribution is 5.83. The fraction of sp³-hybridized carbons (Fsp3) is 0.581. The van der Waals surface area contributed by atoms with E-state index in [1.807, 2.05) is 6.92 Å². The highest BCUT2D eigenvalue weighted by atomic mass is 16.6. The second-order valence-electron chi connectivity index (χ2n) is 10.8. The Balaban J connectivity index is 2.28. The van der Waals surface area contributed by atoms with Crippen LogP contribution in [0.25, 0.3) is 0 Å². The summed E-state index contributed by atoms with van der Waals surface area (Å²) in [5.41, 5.74) is 1.70. The molecule has 0 bridgehead atoms. The van der Waals surface area contributed by atoms with Gasteiger partial charge < -0.3 is 29.9 Å². The van der Waals surface area contributed by atoms with Crippen molar-refractivity contribution in [1.82, 2.24) is 0 Å². The van der Waals surface area contributed by atoms with Crippen molar-refractivity contribution in [3.8, 4) is 0 Å². The second-order valence-corrected chi connectivity index (χ2v) is 10.8. The number of allylic oxidation sites excluding steroid dienone is 5. The van der Waals surface area contributed by atoms with Crippen LogP contribution in [-0.2, 0) is 14.3 Å². The molecule has 2 rings (SSSR count). The van der Waals surface area contributed by atoms with E-state index in [2.05, 4.69) is 33.6 Å². The summed E-state index contributed by atoms with van der Waals surface area (Å²) in [6, 6.07) is 0. The largest absolute Gasteiger partial charge is 0.456 e. The molecule has 0 aromatic carbocycles. The first-order chi connectivity index (χ1) is 17.9. The molecule has 9 atom stereocenters. The number of aliphatic hydroxyl groups is 4. The van der Waals surface area contributed by atoms with E-state index in [9.17, 15) is 25.2 Å². The SMILES string of the molecule is C=C1C/C=C/[C@@H](O)[C@H](O)C(=C)[C@@H](O)[C@H](O)C(=C)C/C=C/C(C)=C/C(=O)O[C@@H]([C@H]2O[C@@H]2[C@H](C)CCC)[C@@H](C)C1. The molecule has 0 aromatic heterocycles. The van der Waals surface area contributed by atoms with Gasteiger partial charge in [0.25, 0.3) is 0 Å². The van der Waals surface area contributed by atoms with Crippen LogP contribution >= 0.6 is 0 Å². The van der Waals surface area contributed by atoms with Gasteiger partial charge in [-0.15, -0.1) is 0 Å². The Kier molecular flexibility index (Phi) is 12.4. The summed E-state index contributed by atoms with van der Waals surface area (Å²) < 4.78 is 11.9. The van der Waals surface area contributed by atoms with Crippen LogP contribution in [0.5, 0.6) is 0 Å². The molecule has 7 nitrogen and oxygen atoms in total. The Hall–Kier alpha value is -2.29. The normalized spacial score (nSPS) is 38.5. The molecule has 0 saturated carbocycles. The summed E-state index contributed by atoms with van der Waals surface area (Å²) in [5.74, 6) is -0.134. The van der Waals surface area contributed by atoms with Crippen LogP contribution in [0.15, 0.2) is 72.4 Å². The van der Waals surface area contributed by atoms with Crippen molar-refractivity contribution in [3.63, 3.8) is 0 Å². The molecule has 0 radical (unpaired) electrons. The number of cyclic esters (lactones) is 1. The third-order valence-electron chi connectivity index (χ3n) is 7.26. The summed E-state index contributed by atoms with van der Waals surface area (Å²) in [7, 11) is 0. The molecule has 2 heterocycles. The number of hydrogen-bond acceptors (Lipinski definition) is 7. The number of epoxide rings is 1. The lowest BCUT2D eigenvalue weighted by Gasteiger charge is -2.26. The first kappa shape index (κ1) is 31.9. The van der Waals surface area contributed by atoms with Gasteiger partial charge in [0.1, 0.15) is 36.6 Å². The molecule has 0 spiro atoms. The highest BCUT2D eigenvalue weighted by Gasteiger charge is 2.51. The lowest BCUT2D eigenvalue weighted by molar-refractivity contribution is -0.146. The summed E-state index contributed by atoms with van der Waals surface area (Å²) in [5, 5.41) is 41.8. The van der Waals surface area contributed by atoms with E-state index in [1.54, 1.807) is 25.2 Å². The van der Waals surface area contributed by atoms with Gasteiger partial charge in [-0.2, -0.15) is 0 Å². The third-order valence-corrected chi connectivity index (χ3v) is 7.26. The summed E-state index contributed by atoms with van der Waals surface area (Å²) >= 11 is 0. The lowest BCUT2D eigenvalue weighted by atomic mass is 9.89. The van der Waals surface area contributed by atoms with Gasteiger partial charge in [0.2, 0.25) is 0 Å². The minimum Gasteiger partial charge on any atom is -0.456 e. The van der Waals surface area contributed by atoms with Crippen LogP contribution in [0.3, 0.4) is 0 Å². The van der Waals surface area contributed by atoms with E-state index < -0.39 is 36.5 Å². The maximum atomic E-state index is 12.8. The van der Waals surface area contributed by atoms with Crippen molar-refractivity contribution in [3.05, 3.63) is 72.4 Å². The molecular weight excluding hydrogens is 484 g/mol. The summed E-state index contributed by atoms with van der Waals surface area (Å²) in [6.45, 7) is 19.7. The molecule has 0 amide bonds. The fourth-order valence-corrected chi connectivity index (χ4v) is 4.86. The van der Waals surface area contributed by atoms with Crippen molar-refractivity contribution >= 4 is 5.97 Å². The molecule has 1 fully saturated rings. The van der Waals surface area contributed by atoms with Gasteiger partial charge in [-0.25, -0.2) is 4.79 Å². The number of esters is 1. The maximum Gasteiger partial charge on any atom is 0.331 e. The number of hydrogen-bond donors (Lipinski definition) is 4. The molecule has 0 aromatic rings. The Morgan fingerprint density at radius 3 is 2.37 bits per heavy atom. The summed E-state index contributed by atoms with van der Waals surface area (Å²) in [4.78, 5) is 12.8. The van der Waals surface area contributed by atoms with Crippen molar-refractivity contribution in [1.29, 1.82) is 0 Å². The molecule has 2 aliphatic heterocycles. The first-order valence-corrected chi connectivity index (χ1v) is 13.5. The fourth-order valence-electron chi connectivity index (χ4n) is 4.86. The monoisotopic (exact) mass is 530 g/mol. The zero-order valence-electron chi connectivity index (χ0n) is 23.3. The number of carbonyl (C=O) groups excluding carboxylic acids is 1. The van der Waals surface area contributed by atoms with Crippen LogP contribution in [0.1, 0.15) is 59.8 Å². The number of ether oxygens (including phenoxy) is 2. The number of rotatable bonds is 4. The van der Waals surface area contributed by atoms with E-state index >= 15 is 0 Å². The first-order valence-electron chi connectivity index (χ1n) is 13.5. The number of carbonyl (C=O) groups is 1. The van der Waals surface area contributed by atoms with E-state index in [4.69, 9.17) is 9.47 Å². The maximum absolute atomic E-state index is 12.8. The Labute approximate surface area is 227 Å². The standard InChI is InChI=1S/C31H46O7/c1-8-11-21(5)29-31(38-29)30-22(6)16-18(2)13-10-15-24(32)27(35)23(7)28(36)26(34)20(4)14-9-12-19(3)17-25(33)37-30/h9-10,12,15,17,21-22,24,26-32,34-36H,2,4,7-8,11,13-14,16H2,1,3,5-6H3/b12-9+,15-10+,19-17+/t21-,22+,24-,26-,27-,28-,29-,30-,31+/m1/s1. The minimum atomic E-state index is -1.51. The second kappa shape index (κ2) is 14.8. The van der Waals surface area contributed by atoms with E-state index in [1.165, 1.54) is 12.2 Å². The van der Waals surface area contributed by atoms with Gasteiger partial charge in [0.15, 0.2) is 0 Å². The molecule has 0 aliphatic carbocycles. The van der Waals surface area contributed by atoms with E-state index in [-0.39, 0.29) is 30.1 Å². The molecule has 7 heteroatoms. The topological polar surface area (TPSA) is 120 Å². The van der Waals surface area contributed by atoms with Crippen molar-refractivity contribution < 1.29 is 34.7 Å². The quantitative estimate of drug-likeness (QED) is 0.245. The Morgan fingerprint density at radius 1 is 1.03 bits per heavy atom. The van der Waals surface area contributed by atoms with Crippen LogP contribution in [-0.4, -0.2) is 69.1 Å². The smallest absolute Gasteiger partial charge is 0.331 e. The Bertz CT molecular complexity index is 946. The average molecular weight is 531 g/mol. The zero-order valence-corrected chi connectivity index (χ0v) is 23.3. The minimum absolute atomic E-state index is 0.0474. The van der Waals surface area contributed by atoms with Crippen LogP contribution < -0.4 is 0 Å². The van der Waals surface area contributed by atoms with Crippen molar-refractivity contribution in [2.75, 3.05) is 0 Å². The van der Waals surface area contributed by atoms with Gasteiger partial charge in [0, 0.05) is 6.08 Å². The average Bonchev–Trinajstić information content (AvgIpc) is 3.65. The highest BCUT2D eigenvalue weighted by Crippen LogP contribution is 2.39. The third kappa shape index (κ3) is 9.17. The van der Waals surface area contributed by atoms with Crippen LogP contribution in [0.2, 0.25) is 0 Å². The number of aliphatic hydroxyl groups excluding tert-OH is 4. The summed E-state index contributed by atoms with van der Waals surface area (Å²) in [6.07, 6.45) is 5.05. The van der Waals surface area contributed by atoms with E-state index in [0.29, 0.717) is 29.9 Å². The van der Waals surface area contributed by atoms with Crippen molar-refractivity contribution in [2.24, 2.45) is 11.8 Å². The van der Waals surface area contributed by atoms with Crippen LogP contribution in [0, 0.1) is 11.8 Å². The van der Waals surface area contributed by atoms with Gasteiger partial charge in [-0.3, -0.25) is 0 Å². The lowest BCUT2D eigenvalue weighted by Crippen LogP contribution is -2.37. The van der Waals surface area contributed by atoms with Crippen LogP contribution in [0.4, 0.5) is 0 Å².